The Hall–Kier alpha value is -0.830. The number of nitrogens with one attached hydrogen (secondary N) is 1. The van der Waals surface area contributed by atoms with E-state index in [1.165, 1.54) is 12.8 Å². The van der Waals surface area contributed by atoms with Crippen LogP contribution in [0, 0.1) is 17.8 Å². The Labute approximate surface area is 131 Å². The Morgan fingerprint density at radius 3 is 2.43 bits per heavy atom. The number of hydrogen-bond acceptors (Lipinski definition) is 3. The summed E-state index contributed by atoms with van der Waals surface area (Å²) in [5.41, 5.74) is 0. The van der Waals surface area contributed by atoms with Crippen LogP contribution in [0.4, 0.5) is 0 Å². The van der Waals surface area contributed by atoms with Crippen LogP contribution in [0.25, 0.3) is 0 Å². The van der Waals surface area contributed by atoms with Crippen molar-refractivity contribution in [1.29, 1.82) is 0 Å². The molecule has 0 saturated heterocycles. The van der Waals surface area contributed by atoms with E-state index in [9.17, 15) is 4.79 Å². The van der Waals surface area contributed by atoms with Gasteiger partial charge in [-0.3, -0.25) is 4.79 Å². The van der Waals surface area contributed by atoms with E-state index in [2.05, 4.69) is 33.0 Å². The van der Waals surface area contributed by atoms with Gasteiger partial charge in [0, 0.05) is 13.0 Å². The summed E-state index contributed by atoms with van der Waals surface area (Å²) in [4.78, 5) is 11.2. The average molecular weight is 297 g/mol. The van der Waals surface area contributed by atoms with Gasteiger partial charge in [-0.2, -0.15) is 0 Å². The molecule has 0 amide bonds. The minimum absolute atomic E-state index is 0.108. The Morgan fingerprint density at radius 2 is 1.86 bits per heavy atom. The van der Waals surface area contributed by atoms with Gasteiger partial charge in [0.1, 0.15) is 6.61 Å². The predicted octanol–water partition coefficient (Wildman–Crippen LogP) is 4.18. The molecule has 1 unspecified atom stereocenters. The van der Waals surface area contributed by atoms with Crippen LogP contribution in [0.2, 0.25) is 0 Å². The number of hydrogen-bond donors (Lipinski definition) is 1. The van der Waals surface area contributed by atoms with E-state index in [0.717, 1.165) is 37.3 Å². The molecule has 0 aliphatic rings. The lowest BCUT2D eigenvalue weighted by Crippen LogP contribution is -2.26. The van der Waals surface area contributed by atoms with Gasteiger partial charge in [-0.25, -0.2) is 0 Å². The lowest BCUT2D eigenvalue weighted by molar-refractivity contribution is -0.142. The molecule has 3 nitrogen and oxygen atoms in total. The van der Waals surface area contributed by atoms with Crippen LogP contribution in [-0.2, 0) is 9.53 Å². The van der Waals surface area contributed by atoms with E-state index in [0.29, 0.717) is 13.0 Å². The predicted molar refractivity (Wildman–Crippen MR) is 90.3 cm³/mol. The van der Waals surface area contributed by atoms with Crippen LogP contribution in [0.1, 0.15) is 60.3 Å². The first-order valence-electron chi connectivity index (χ1n) is 8.48. The summed E-state index contributed by atoms with van der Waals surface area (Å²) in [5.74, 6) is 2.13. The van der Waals surface area contributed by atoms with Gasteiger partial charge in [-0.15, -0.1) is 0 Å². The third-order valence-electron chi connectivity index (χ3n) is 3.69. The second-order valence-corrected chi connectivity index (χ2v) is 6.54. The molecule has 0 fully saturated rings. The van der Waals surface area contributed by atoms with E-state index in [4.69, 9.17) is 4.74 Å². The summed E-state index contributed by atoms with van der Waals surface area (Å²) >= 11 is 0. The fraction of sp³-hybridized carbons (Fsp3) is 0.833. The zero-order valence-electron chi connectivity index (χ0n) is 14.7. The highest BCUT2D eigenvalue weighted by Crippen LogP contribution is 2.19. The number of ether oxygens (including phenoxy) is 1. The van der Waals surface area contributed by atoms with E-state index < -0.39 is 0 Å². The van der Waals surface area contributed by atoms with Crippen molar-refractivity contribution in [2.75, 3.05) is 19.7 Å². The average Bonchev–Trinajstić information content (AvgIpc) is 2.40. The van der Waals surface area contributed by atoms with Crippen molar-refractivity contribution in [2.24, 2.45) is 17.8 Å². The molecule has 0 aromatic rings. The second-order valence-electron chi connectivity index (χ2n) is 6.54. The molecule has 0 rings (SSSR count). The number of carbonyl (C=O) groups excluding carboxylic acids is 1. The highest BCUT2D eigenvalue weighted by Gasteiger charge is 2.13. The highest BCUT2D eigenvalue weighted by atomic mass is 16.5. The zero-order valence-corrected chi connectivity index (χ0v) is 14.7. The van der Waals surface area contributed by atoms with Gasteiger partial charge < -0.3 is 10.1 Å². The van der Waals surface area contributed by atoms with Gasteiger partial charge in [0.15, 0.2) is 0 Å². The van der Waals surface area contributed by atoms with Gasteiger partial charge in [0.2, 0.25) is 0 Å². The second kappa shape index (κ2) is 12.9. The van der Waals surface area contributed by atoms with Crippen LogP contribution >= 0.6 is 0 Å². The molecule has 1 atom stereocenters. The molecule has 0 radical (unpaired) electrons. The quantitative estimate of drug-likeness (QED) is 0.333. The van der Waals surface area contributed by atoms with Crippen molar-refractivity contribution in [2.45, 2.75) is 60.3 Å². The summed E-state index contributed by atoms with van der Waals surface area (Å²) < 4.78 is 5.06. The molecule has 124 valence electrons. The summed E-state index contributed by atoms with van der Waals surface area (Å²) in [5, 5.41) is 3.48. The molecule has 0 saturated carbocycles. The van der Waals surface area contributed by atoms with Gasteiger partial charge in [0.25, 0.3) is 0 Å². The smallest absolute Gasteiger partial charge is 0.306 e. The summed E-state index contributed by atoms with van der Waals surface area (Å²) in [6, 6.07) is 0. The molecule has 1 N–H and O–H groups in total. The lowest BCUT2D eigenvalue weighted by Gasteiger charge is -2.22. The van der Waals surface area contributed by atoms with Crippen LogP contribution in [0.15, 0.2) is 12.2 Å². The molecule has 0 aromatic heterocycles. The van der Waals surface area contributed by atoms with Crippen LogP contribution in [0.5, 0.6) is 0 Å². The van der Waals surface area contributed by atoms with Gasteiger partial charge in [-0.05, 0) is 43.2 Å². The maximum atomic E-state index is 11.2. The summed E-state index contributed by atoms with van der Waals surface area (Å²) in [6.07, 6.45) is 7.90. The zero-order chi connectivity index (χ0) is 16.1. The molecule has 0 spiro atoms. The molecule has 21 heavy (non-hydrogen) atoms. The maximum absolute atomic E-state index is 11.2. The number of esters is 1. The molecular weight excluding hydrogens is 262 g/mol. The monoisotopic (exact) mass is 297 g/mol. The van der Waals surface area contributed by atoms with Crippen molar-refractivity contribution < 1.29 is 9.53 Å². The third-order valence-corrected chi connectivity index (χ3v) is 3.69. The van der Waals surface area contributed by atoms with Gasteiger partial charge >= 0.3 is 5.97 Å². The SMILES string of the molecule is CCCC(=O)OC/C=C/CNCC(CCC(C)C)C(C)C. The van der Waals surface area contributed by atoms with Crippen LogP contribution in [-0.4, -0.2) is 25.7 Å². The largest absolute Gasteiger partial charge is 0.461 e. The summed E-state index contributed by atoms with van der Waals surface area (Å²) in [7, 11) is 0. The van der Waals surface area contributed by atoms with Crippen LogP contribution in [0.3, 0.4) is 0 Å². The van der Waals surface area contributed by atoms with E-state index >= 15 is 0 Å². The van der Waals surface area contributed by atoms with Crippen molar-refractivity contribution in [1.82, 2.24) is 5.32 Å². The van der Waals surface area contributed by atoms with Crippen molar-refractivity contribution in [3.63, 3.8) is 0 Å². The molecule has 0 aliphatic heterocycles. The number of carbonyl (C=O) groups is 1. The van der Waals surface area contributed by atoms with Gasteiger partial charge in [0.05, 0.1) is 0 Å². The van der Waals surface area contributed by atoms with Crippen molar-refractivity contribution in [3.05, 3.63) is 12.2 Å². The Morgan fingerprint density at radius 1 is 1.14 bits per heavy atom. The van der Waals surface area contributed by atoms with E-state index in [-0.39, 0.29) is 5.97 Å². The standard InChI is InChI=1S/C18H35NO2/c1-6-9-18(20)21-13-8-7-12-19-14-17(16(4)5)11-10-15(2)3/h7-8,15-17,19H,6,9-14H2,1-5H3/b8-7+. The van der Waals surface area contributed by atoms with Crippen LogP contribution < -0.4 is 5.32 Å². The molecule has 3 heteroatoms. The first-order chi connectivity index (χ1) is 9.97. The van der Waals surface area contributed by atoms with E-state index in [1.807, 2.05) is 19.1 Å². The number of rotatable bonds is 12. The minimum Gasteiger partial charge on any atom is -0.461 e. The summed E-state index contributed by atoms with van der Waals surface area (Å²) in [6.45, 7) is 13.4. The topological polar surface area (TPSA) is 38.3 Å². The first-order valence-corrected chi connectivity index (χ1v) is 8.48. The molecular formula is C18H35NO2. The Balaban J connectivity index is 3.72. The Bertz CT molecular complexity index is 285. The maximum Gasteiger partial charge on any atom is 0.306 e. The molecule has 0 heterocycles. The fourth-order valence-electron chi connectivity index (χ4n) is 2.14. The fourth-order valence-corrected chi connectivity index (χ4v) is 2.14. The molecule has 0 aromatic carbocycles. The molecule has 0 aliphatic carbocycles. The first kappa shape index (κ1) is 20.2. The van der Waals surface area contributed by atoms with Gasteiger partial charge in [-0.1, -0.05) is 47.1 Å². The van der Waals surface area contributed by atoms with E-state index in [1.54, 1.807) is 0 Å². The van der Waals surface area contributed by atoms with Crippen molar-refractivity contribution >= 4 is 5.97 Å². The minimum atomic E-state index is -0.108. The van der Waals surface area contributed by atoms with Crippen molar-refractivity contribution in [3.8, 4) is 0 Å². The normalized spacial score (nSPS) is 13.3. The Kier molecular flexibility index (Phi) is 12.4. The third kappa shape index (κ3) is 12.6. The molecule has 0 bridgehead atoms. The highest BCUT2D eigenvalue weighted by molar-refractivity contribution is 5.69. The lowest BCUT2D eigenvalue weighted by atomic mass is 9.88.